The summed E-state index contributed by atoms with van der Waals surface area (Å²) in [7, 11) is 1.69. The number of carbonyl (C=O) groups excluding carboxylic acids is 1. The SMILES string of the molecule is CN1CC(=NC#N)N(Cc2ccc(Cl)nc2)CC1=O. The van der Waals surface area contributed by atoms with Crippen molar-refractivity contribution in [2.75, 3.05) is 20.1 Å². The molecule has 1 fully saturated rings. The van der Waals surface area contributed by atoms with Gasteiger partial charge in [0.1, 0.15) is 11.0 Å². The first kappa shape index (κ1) is 13.3. The Bertz CT molecular complexity index is 548. The summed E-state index contributed by atoms with van der Waals surface area (Å²) in [6.07, 6.45) is 3.42. The van der Waals surface area contributed by atoms with Crippen molar-refractivity contribution < 1.29 is 4.79 Å². The molecule has 1 aliphatic rings. The molecule has 1 saturated heterocycles. The number of carbonyl (C=O) groups is 1. The van der Waals surface area contributed by atoms with Crippen LogP contribution in [0, 0.1) is 11.5 Å². The number of pyridine rings is 1. The minimum Gasteiger partial charge on any atom is -0.344 e. The number of likely N-dealkylation sites (N-methyl/N-ethyl adjacent to an activating group) is 1. The Morgan fingerprint density at radius 3 is 2.95 bits per heavy atom. The maximum atomic E-state index is 11.7. The lowest BCUT2D eigenvalue weighted by atomic mass is 10.2. The van der Waals surface area contributed by atoms with Gasteiger partial charge in [0.15, 0.2) is 0 Å². The van der Waals surface area contributed by atoms with Crippen molar-refractivity contribution in [3.05, 3.63) is 29.0 Å². The number of halogens is 1. The predicted octanol–water partition coefficient (Wildman–Crippen LogP) is 0.889. The Labute approximate surface area is 115 Å². The number of hydrogen-bond acceptors (Lipinski definition) is 4. The summed E-state index contributed by atoms with van der Waals surface area (Å²) < 4.78 is 0. The van der Waals surface area contributed by atoms with Crippen molar-refractivity contribution in [1.82, 2.24) is 14.8 Å². The Hall–Kier alpha value is -2.13. The third-order valence-electron chi connectivity index (χ3n) is 2.84. The molecule has 0 atom stereocenters. The van der Waals surface area contributed by atoms with E-state index in [1.165, 1.54) is 0 Å². The van der Waals surface area contributed by atoms with E-state index in [2.05, 4.69) is 9.98 Å². The van der Waals surface area contributed by atoms with Gasteiger partial charge < -0.3 is 9.80 Å². The second kappa shape index (κ2) is 5.67. The molecule has 0 saturated carbocycles. The second-order valence-corrected chi connectivity index (χ2v) is 4.61. The van der Waals surface area contributed by atoms with E-state index >= 15 is 0 Å². The molecule has 0 unspecified atom stereocenters. The first-order valence-corrected chi connectivity index (χ1v) is 6.03. The molecule has 0 bridgehead atoms. The van der Waals surface area contributed by atoms with Crippen LogP contribution in [0.3, 0.4) is 0 Å². The molecule has 6 nitrogen and oxygen atoms in total. The molecule has 0 spiro atoms. The first-order valence-electron chi connectivity index (χ1n) is 5.65. The smallest absolute Gasteiger partial charge is 0.242 e. The number of amidine groups is 1. The lowest BCUT2D eigenvalue weighted by Crippen LogP contribution is -2.51. The minimum atomic E-state index is -0.00110. The molecule has 7 heteroatoms. The van der Waals surface area contributed by atoms with E-state index in [1.807, 2.05) is 6.07 Å². The largest absolute Gasteiger partial charge is 0.344 e. The molecule has 1 amide bonds. The van der Waals surface area contributed by atoms with E-state index in [0.29, 0.717) is 24.1 Å². The molecule has 0 radical (unpaired) electrons. The molecular formula is C12H12ClN5O. The molecule has 1 aliphatic heterocycles. The van der Waals surface area contributed by atoms with Crippen LogP contribution in [-0.4, -0.2) is 46.7 Å². The molecule has 2 heterocycles. The zero-order valence-corrected chi connectivity index (χ0v) is 11.1. The number of aromatic nitrogens is 1. The van der Waals surface area contributed by atoms with Gasteiger partial charge in [0.05, 0.1) is 13.1 Å². The summed E-state index contributed by atoms with van der Waals surface area (Å²) >= 11 is 5.72. The lowest BCUT2D eigenvalue weighted by Gasteiger charge is -2.34. The van der Waals surface area contributed by atoms with Crippen molar-refractivity contribution in [1.29, 1.82) is 5.26 Å². The third-order valence-corrected chi connectivity index (χ3v) is 3.06. The van der Waals surface area contributed by atoms with Gasteiger partial charge >= 0.3 is 0 Å². The average Bonchev–Trinajstić information content (AvgIpc) is 2.38. The van der Waals surface area contributed by atoms with Gasteiger partial charge in [-0.2, -0.15) is 10.3 Å². The predicted molar refractivity (Wildman–Crippen MR) is 70.3 cm³/mol. The summed E-state index contributed by atoms with van der Waals surface area (Å²) in [6.45, 7) is 1.03. The van der Waals surface area contributed by atoms with Gasteiger partial charge in [0.2, 0.25) is 12.1 Å². The quantitative estimate of drug-likeness (QED) is 0.594. The van der Waals surface area contributed by atoms with Crippen molar-refractivity contribution >= 4 is 23.3 Å². The van der Waals surface area contributed by atoms with Crippen LogP contribution < -0.4 is 0 Å². The van der Waals surface area contributed by atoms with Crippen LogP contribution in [0.25, 0.3) is 0 Å². The standard InChI is InChI=1S/C12H12ClN5O/c1-17-6-11(16-8-14)18(7-12(17)19)5-9-2-3-10(13)15-4-9/h2-4H,5-7H2,1H3. The van der Waals surface area contributed by atoms with Crippen molar-refractivity contribution in [3.8, 4) is 6.19 Å². The number of piperazine rings is 1. The highest BCUT2D eigenvalue weighted by Crippen LogP contribution is 2.12. The number of hydrogen-bond donors (Lipinski definition) is 0. The molecule has 98 valence electrons. The van der Waals surface area contributed by atoms with Crippen LogP contribution in [-0.2, 0) is 11.3 Å². The number of aliphatic imine (C=N–C) groups is 1. The number of nitriles is 1. The Morgan fingerprint density at radius 1 is 1.53 bits per heavy atom. The molecule has 0 aromatic carbocycles. The first-order chi connectivity index (χ1) is 9.10. The minimum absolute atomic E-state index is 0.00110. The van der Waals surface area contributed by atoms with Gasteiger partial charge in [-0.05, 0) is 11.6 Å². The van der Waals surface area contributed by atoms with Gasteiger partial charge in [-0.25, -0.2) is 4.98 Å². The number of nitrogens with zero attached hydrogens (tertiary/aromatic N) is 5. The van der Waals surface area contributed by atoms with Gasteiger partial charge in [0.25, 0.3) is 0 Å². The zero-order chi connectivity index (χ0) is 13.8. The zero-order valence-electron chi connectivity index (χ0n) is 10.4. The summed E-state index contributed by atoms with van der Waals surface area (Å²) in [4.78, 5) is 22.8. The van der Waals surface area contributed by atoms with Gasteiger partial charge in [-0.1, -0.05) is 17.7 Å². The summed E-state index contributed by atoms with van der Waals surface area (Å²) in [5.74, 6) is 0.582. The molecule has 0 N–H and O–H groups in total. The average molecular weight is 278 g/mol. The van der Waals surface area contributed by atoms with Crippen LogP contribution in [0.1, 0.15) is 5.56 Å². The third kappa shape index (κ3) is 3.20. The van der Waals surface area contributed by atoms with Crippen LogP contribution in [0.4, 0.5) is 0 Å². The van der Waals surface area contributed by atoms with E-state index in [9.17, 15) is 4.79 Å². The molecule has 2 rings (SSSR count). The molecule has 19 heavy (non-hydrogen) atoms. The lowest BCUT2D eigenvalue weighted by molar-refractivity contribution is -0.131. The maximum Gasteiger partial charge on any atom is 0.242 e. The number of rotatable bonds is 2. The molecule has 0 aliphatic carbocycles. The fraction of sp³-hybridized carbons (Fsp3) is 0.333. The van der Waals surface area contributed by atoms with Crippen LogP contribution in [0.5, 0.6) is 0 Å². The Morgan fingerprint density at radius 2 is 2.32 bits per heavy atom. The van der Waals surface area contributed by atoms with Crippen LogP contribution >= 0.6 is 11.6 Å². The van der Waals surface area contributed by atoms with E-state index in [1.54, 1.807) is 35.3 Å². The maximum absolute atomic E-state index is 11.7. The monoisotopic (exact) mass is 277 g/mol. The highest BCUT2D eigenvalue weighted by Gasteiger charge is 2.26. The van der Waals surface area contributed by atoms with Gasteiger partial charge in [-0.15, -0.1) is 0 Å². The Kier molecular flexibility index (Phi) is 3.97. The summed E-state index contributed by atoms with van der Waals surface area (Å²) in [5.41, 5.74) is 0.910. The molecule has 1 aromatic rings. The van der Waals surface area contributed by atoms with E-state index in [4.69, 9.17) is 16.9 Å². The van der Waals surface area contributed by atoms with Crippen molar-refractivity contribution in [3.63, 3.8) is 0 Å². The molecular weight excluding hydrogens is 266 g/mol. The van der Waals surface area contributed by atoms with Crippen molar-refractivity contribution in [2.24, 2.45) is 4.99 Å². The summed E-state index contributed by atoms with van der Waals surface area (Å²) in [5, 5.41) is 9.11. The van der Waals surface area contributed by atoms with Gasteiger partial charge in [-0.3, -0.25) is 4.79 Å². The second-order valence-electron chi connectivity index (χ2n) is 4.22. The molecule has 1 aromatic heterocycles. The van der Waals surface area contributed by atoms with Crippen LogP contribution in [0.2, 0.25) is 5.15 Å². The van der Waals surface area contributed by atoms with E-state index in [-0.39, 0.29) is 12.5 Å². The van der Waals surface area contributed by atoms with Gasteiger partial charge in [0, 0.05) is 19.8 Å². The Balaban J connectivity index is 2.17. The highest BCUT2D eigenvalue weighted by atomic mass is 35.5. The fourth-order valence-corrected chi connectivity index (χ4v) is 1.92. The van der Waals surface area contributed by atoms with Crippen LogP contribution in [0.15, 0.2) is 23.3 Å². The number of amides is 1. The van der Waals surface area contributed by atoms with Crippen molar-refractivity contribution in [2.45, 2.75) is 6.54 Å². The van der Waals surface area contributed by atoms with E-state index < -0.39 is 0 Å². The topological polar surface area (TPSA) is 72.6 Å². The normalized spacial score (nSPS) is 17.7. The highest BCUT2D eigenvalue weighted by molar-refractivity contribution is 6.29. The van der Waals surface area contributed by atoms with E-state index in [0.717, 1.165) is 5.56 Å². The summed E-state index contributed by atoms with van der Waals surface area (Å²) in [6, 6.07) is 3.53. The fourth-order valence-electron chi connectivity index (χ4n) is 1.81.